The summed E-state index contributed by atoms with van der Waals surface area (Å²) in [5.74, 6) is 0.537. The summed E-state index contributed by atoms with van der Waals surface area (Å²) in [7, 11) is 0. The topological polar surface area (TPSA) is 21.3 Å². The van der Waals surface area contributed by atoms with Gasteiger partial charge in [0.15, 0.2) is 0 Å². The van der Waals surface area contributed by atoms with Crippen LogP contribution >= 0.6 is 0 Å². The van der Waals surface area contributed by atoms with Crippen molar-refractivity contribution < 1.29 is 13.5 Å². The lowest BCUT2D eigenvalue weighted by atomic mass is 10.0. The van der Waals surface area contributed by atoms with Gasteiger partial charge in [-0.05, 0) is 30.0 Å². The summed E-state index contributed by atoms with van der Waals surface area (Å²) in [4.78, 5) is 0. The monoisotopic (exact) mass is 303 g/mol. The largest absolute Gasteiger partial charge is 0.487 e. The second kappa shape index (κ2) is 6.88. The van der Waals surface area contributed by atoms with Gasteiger partial charge in [-0.25, -0.2) is 8.78 Å². The molecular weight excluding hydrogens is 284 g/mol. The van der Waals surface area contributed by atoms with Gasteiger partial charge in [0.05, 0.1) is 0 Å². The van der Waals surface area contributed by atoms with Crippen molar-refractivity contribution in [1.82, 2.24) is 5.32 Å². The maximum absolute atomic E-state index is 12.5. The molecular formula is C18H19F2NO. The lowest BCUT2D eigenvalue weighted by molar-refractivity contribution is 0.0814. The molecule has 0 bridgehead atoms. The fourth-order valence-electron chi connectivity index (χ4n) is 2.34. The van der Waals surface area contributed by atoms with Crippen LogP contribution in [-0.2, 0) is 6.54 Å². The minimum absolute atomic E-state index is 0.537. The van der Waals surface area contributed by atoms with E-state index in [0.29, 0.717) is 18.3 Å². The second-order valence-electron chi connectivity index (χ2n) is 5.55. The Morgan fingerprint density at radius 2 is 1.82 bits per heavy atom. The Morgan fingerprint density at radius 3 is 2.50 bits per heavy atom. The van der Waals surface area contributed by atoms with Crippen LogP contribution in [0.15, 0.2) is 48.5 Å². The number of hydrogen-bond donors (Lipinski definition) is 1. The SMILES string of the molecule is FC(F)COc1cc(-c2ccccc2)ccc1CNC1CC1. The Kier molecular flexibility index (Phi) is 4.68. The molecule has 0 saturated heterocycles. The van der Waals surface area contributed by atoms with Crippen molar-refractivity contribution in [1.29, 1.82) is 0 Å². The average molecular weight is 303 g/mol. The zero-order chi connectivity index (χ0) is 15.4. The van der Waals surface area contributed by atoms with Gasteiger partial charge in [0, 0.05) is 18.2 Å². The number of ether oxygens (including phenoxy) is 1. The number of benzene rings is 2. The van der Waals surface area contributed by atoms with E-state index in [2.05, 4.69) is 5.32 Å². The van der Waals surface area contributed by atoms with Crippen molar-refractivity contribution in [3.8, 4) is 16.9 Å². The molecule has 4 heteroatoms. The van der Waals surface area contributed by atoms with Gasteiger partial charge in [-0.3, -0.25) is 0 Å². The molecule has 1 aliphatic carbocycles. The summed E-state index contributed by atoms with van der Waals surface area (Å²) >= 11 is 0. The van der Waals surface area contributed by atoms with E-state index >= 15 is 0 Å². The van der Waals surface area contributed by atoms with E-state index < -0.39 is 13.0 Å². The molecule has 0 radical (unpaired) electrons. The molecule has 116 valence electrons. The molecule has 2 aromatic carbocycles. The van der Waals surface area contributed by atoms with Crippen LogP contribution < -0.4 is 10.1 Å². The molecule has 0 aliphatic heterocycles. The summed E-state index contributed by atoms with van der Waals surface area (Å²) in [6, 6.07) is 16.2. The molecule has 22 heavy (non-hydrogen) atoms. The van der Waals surface area contributed by atoms with Gasteiger partial charge < -0.3 is 10.1 Å². The third-order valence-electron chi connectivity index (χ3n) is 3.70. The van der Waals surface area contributed by atoms with Crippen molar-refractivity contribution in [2.45, 2.75) is 31.9 Å². The molecule has 3 rings (SSSR count). The maximum Gasteiger partial charge on any atom is 0.272 e. The summed E-state index contributed by atoms with van der Waals surface area (Å²) in [6.07, 6.45) is -0.0883. The third-order valence-corrected chi connectivity index (χ3v) is 3.70. The van der Waals surface area contributed by atoms with Gasteiger partial charge >= 0.3 is 0 Å². The van der Waals surface area contributed by atoms with Crippen molar-refractivity contribution in [3.63, 3.8) is 0 Å². The molecule has 0 unspecified atom stereocenters. The zero-order valence-corrected chi connectivity index (χ0v) is 12.3. The summed E-state index contributed by atoms with van der Waals surface area (Å²) in [6.45, 7) is 0.0764. The quantitative estimate of drug-likeness (QED) is 0.825. The normalized spacial score (nSPS) is 14.3. The van der Waals surface area contributed by atoms with Crippen LogP contribution in [0.4, 0.5) is 8.78 Å². The van der Waals surface area contributed by atoms with E-state index in [1.807, 2.05) is 48.5 Å². The Balaban J connectivity index is 1.82. The Bertz CT molecular complexity index is 612. The number of nitrogens with one attached hydrogen (secondary N) is 1. The van der Waals surface area contributed by atoms with Gasteiger partial charge in [-0.2, -0.15) is 0 Å². The molecule has 0 spiro atoms. The zero-order valence-electron chi connectivity index (χ0n) is 12.3. The minimum atomic E-state index is -2.47. The first-order chi connectivity index (χ1) is 10.7. The van der Waals surface area contributed by atoms with Crippen LogP contribution in [-0.4, -0.2) is 19.1 Å². The predicted octanol–water partition coefficient (Wildman–Crippen LogP) is 4.25. The van der Waals surface area contributed by atoms with E-state index in [9.17, 15) is 8.78 Å². The Labute approximate surface area is 129 Å². The minimum Gasteiger partial charge on any atom is -0.487 e. The molecule has 0 amide bonds. The smallest absolute Gasteiger partial charge is 0.272 e. The Hall–Kier alpha value is -1.94. The van der Waals surface area contributed by atoms with Crippen LogP contribution in [0.5, 0.6) is 5.75 Å². The van der Waals surface area contributed by atoms with Gasteiger partial charge in [0.1, 0.15) is 12.4 Å². The highest BCUT2D eigenvalue weighted by Crippen LogP contribution is 2.29. The average Bonchev–Trinajstić information content (AvgIpc) is 3.36. The van der Waals surface area contributed by atoms with Crippen LogP contribution in [0.3, 0.4) is 0 Å². The maximum atomic E-state index is 12.5. The summed E-state index contributed by atoms with van der Waals surface area (Å²) < 4.78 is 30.2. The Morgan fingerprint density at radius 1 is 1.05 bits per heavy atom. The predicted molar refractivity (Wildman–Crippen MR) is 83.2 cm³/mol. The van der Waals surface area contributed by atoms with E-state index in [1.54, 1.807) is 0 Å². The highest BCUT2D eigenvalue weighted by molar-refractivity contribution is 5.66. The third kappa shape index (κ3) is 4.04. The van der Waals surface area contributed by atoms with E-state index in [4.69, 9.17) is 4.74 Å². The fourth-order valence-corrected chi connectivity index (χ4v) is 2.34. The fraction of sp³-hybridized carbons (Fsp3) is 0.333. The lowest BCUT2D eigenvalue weighted by Crippen LogP contribution is -2.17. The second-order valence-corrected chi connectivity index (χ2v) is 5.55. The van der Waals surface area contributed by atoms with Gasteiger partial charge in [0.2, 0.25) is 0 Å². The highest BCUT2D eigenvalue weighted by atomic mass is 19.3. The molecule has 0 atom stereocenters. The first kappa shape index (κ1) is 15.0. The van der Waals surface area contributed by atoms with Gasteiger partial charge in [-0.15, -0.1) is 0 Å². The highest BCUT2D eigenvalue weighted by Gasteiger charge is 2.21. The van der Waals surface area contributed by atoms with Crippen molar-refractivity contribution in [2.75, 3.05) is 6.61 Å². The van der Waals surface area contributed by atoms with E-state index in [1.165, 1.54) is 12.8 Å². The number of rotatable bonds is 7. The molecule has 1 aliphatic rings. The molecule has 0 heterocycles. The van der Waals surface area contributed by atoms with Crippen molar-refractivity contribution >= 4 is 0 Å². The van der Waals surface area contributed by atoms with Gasteiger partial charge in [0.25, 0.3) is 6.43 Å². The first-order valence-corrected chi connectivity index (χ1v) is 7.55. The van der Waals surface area contributed by atoms with Crippen LogP contribution in [0.25, 0.3) is 11.1 Å². The van der Waals surface area contributed by atoms with Crippen LogP contribution in [0.1, 0.15) is 18.4 Å². The van der Waals surface area contributed by atoms with Crippen molar-refractivity contribution in [2.24, 2.45) is 0 Å². The van der Waals surface area contributed by atoms with Crippen LogP contribution in [0.2, 0.25) is 0 Å². The summed E-state index contributed by atoms with van der Waals surface area (Å²) in [5.41, 5.74) is 2.94. The molecule has 2 aromatic rings. The van der Waals surface area contributed by atoms with Crippen LogP contribution in [0, 0.1) is 0 Å². The molecule has 0 aromatic heterocycles. The summed E-state index contributed by atoms with van der Waals surface area (Å²) in [5, 5.41) is 3.39. The van der Waals surface area contributed by atoms with Gasteiger partial charge in [-0.1, -0.05) is 42.5 Å². The number of halogens is 2. The van der Waals surface area contributed by atoms with Crippen molar-refractivity contribution in [3.05, 3.63) is 54.1 Å². The van der Waals surface area contributed by atoms with E-state index in [-0.39, 0.29) is 0 Å². The molecule has 1 fully saturated rings. The molecule has 1 saturated carbocycles. The van der Waals surface area contributed by atoms with E-state index in [0.717, 1.165) is 16.7 Å². The number of hydrogen-bond acceptors (Lipinski definition) is 2. The molecule has 2 nitrogen and oxygen atoms in total. The standard InChI is InChI=1S/C18H19F2NO/c19-18(20)12-22-17-10-14(13-4-2-1-3-5-13)6-7-15(17)11-21-16-8-9-16/h1-7,10,16,18,21H,8-9,11-12H2. The molecule has 1 N–H and O–H groups in total. The first-order valence-electron chi connectivity index (χ1n) is 7.55. The number of alkyl halides is 2. The lowest BCUT2D eigenvalue weighted by Gasteiger charge is -2.14.